The average Bonchev–Trinajstić information content (AvgIpc) is 3.06. The predicted molar refractivity (Wildman–Crippen MR) is 135 cm³/mol. The zero-order valence-corrected chi connectivity index (χ0v) is 22.2. The highest BCUT2D eigenvalue weighted by Gasteiger charge is 2.33. The van der Waals surface area contributed by atoms with Crippen LogP contribution in [0.4, 0.5) is 0 Å². The van der Waals surface area contributed by atoms with Gasteiger partial charge in [0.15, 0.2) is 4.80 Å². The molecule has 1 aromatic heterocycles. The predicted octanol–water partition coefficient (Wildman–Crippen LogP) is 4.68. The SMILES string of the molecule is CCOC(=O)C1=C(C)N=c2s/c(=C\c3cc(Br)cc(Cl)c3O)c(=O)n2[C@@H]1c1ccc(Br)cc1. The molecule has 0 saturated heterocycles. The Balaban J connectivity index is 1.98. The number of carbonyl (C=O) groups excluding carboxylic acids is 1. The Morgan fingerprint density at radius 2 is 1.97 bits per heavy atom. The zero-order chi connectivity index (χ0) is 23.9. The molecule has 1 aliphatic rings. The lowest BCUT2D eigenvalue weighted by molar-refractivity contribution is -0.139. The maximum absolute atomic E-state index is 13.6. The highest BCUT2D eigenvalue weighted by atomic mass is 79.9. The van der Waals surface area contributed by atoms with Crippen LogP contribution in [-0.2, 0) is 9.53 Å². The highest BCUT2D eigenvalue weighted by molar-refractivity contribution is 9.10. The first-order valence-electron chi connectivity index (χ1n) is 9.84. The third-order valence-corrected chi connectivity index (χ3v) is 7.30. The third-order valence-electron chi connectivity index (χ3n) is 5.05. The van der Waals surface area contributed by atoms with E-state index in [1.165, 1.54) is 15.9 Å². The number of phenolic OH excluding ortho intramolecular Hbond substituents is 1. The van der Waals surface area contributed by atoms with Crippen molar-refractivity contribution in [1.29, 1.82) is 0 Å². The van der Waals surface area contributed by atoms with Gasteiger partial charge in [0.2, 0.25) is 0 Å². The molecule has 0 unspecified atom stereocenters. The molecule has 0 bridgehead atoms. The minimum absolute atomic E-state index is 0.126. The Morgan fingerprint density at radius 3 is 2.64 bits per heavy atom. The minimum atomic E-state index is -0.699. The third kappa shape index (κ3) is 4.59. The number of esters is 1. The van der Waals surface area contributed by atoms with E-state index in [1.54, 1.807) is 32.1 Å². The summed E-state index contributed by atoms with van der Waals surface area (Å²) in [5, 5.41) is 10.5. The van der Waals surface area contributed by atoms with E-state index in [9.17, 15) is 14.7 Å². The van der Waals surface area contributed by atoms with Crippen molar-refractivity contribution in [1.82, 2.24) is 4.57 Å². The number of rotatable bonds is 4. The molecule has 3 aromatic rings. The topological polar surface area (TPSA) is 80.9 Å². The van der Waals surface area contributed by atoms with Crippen molar-refractivity contribution < 1.29 is 14.6 Å². The van der Waals surface area contributed by atoms with Gasteiger partial charge in [-0.05, 0) is 49.8 Å². The van der Waals surface area contributed by atoms with Gasteiger partial charge in [0, 0.05) is 14.5 Å². The zero-order valence-electron chi connectivity index (χ0n) is 17.4. The van der Waals surface area contributed by atoms with Crippen molar-refractivity contribution in [2.24, 2.45) is 4.99 Å². The summed E-state index contributed by atoms with van der Waals surface area (Å²) in [7, 11) is 0. The van der Waals surface area contributed by atoms with Crippen molar-refractivity contribution in [2.45, 2.75) is 19.9 Å². The lowest BCUT2D eigenvalue weighted by Crippen LogP contribution is -2.39. The molecule has 0 aliphatic carbocycles. The molecule has 1 N–H and O–H groups in total. The molecule has 1 aliphatic heterocycles. The first-order chi connectivity index (χ1) is 15.7. The molecule has 33 heavy (non-hydrogen) atoms. The minimum Gasteiger partial charge on any atom is -0.506 e. The van der Waals surface area contributed by atoms with E-state index in [-0.39, 0.29) is 22.9 Å². The Kier molecular flexibility index (Phi) is 6.95. The highest BCUT2D eigenvalue weighted by Crippen LogP contribution is 2.33. The monoisotopic (exact) mass is 610 g/mol. The van der Waals surface area contributed by atoms with E-state index in [0.717, 1.165) is 10.0 Å². The molecule has 0 fully saturated rings. The fourth-order valence-corrected chi connectivity index (χ4v) is 5.72. The van der Waals surface area contributed by atoms with Gasteiger partial charge in [0.25, 0.3) is 5.56 Å². The molecule has 4 rings (SSSR count). The number of thiazole rings is 1. The quantitative estimate of drug-likeness (QED) is 0.434. The van der Waals surface area contributed by atoms with Gasteiger partial charge < -0.3 is 9.84 Å². The summed E-state index contributed by atoms with van der Waals surface area (Å²) in [6.07, 6.45) is 1.57. The molecule has 170 valence electrons. The number of carbonyl (C=O) groups is 1. The van der Waals surface area contributed by atoms with Crippen LogP contribution in [0, 0.1) is 0 Å². The normalized spacial score (nSPS) is 15.9. The van der Waals surface area contributed by atoms with Gasteiger partial charge in [-0.3, -0.25) is 9.36 Å². The van der Waals surface area contributed by atoms with E-state index >= 15 is 0 Å². The first kappa shape index (κ1) is 23.9. The Hall–Kier alpha value is -2.20. The van der Waals surface area contributed by atoms with Crippen LogP contribution in [-0.4, -0.2) is 22.2 Å². The molecule has 6 nitrogen and oxygen atoms in total. The van der Waals surface area contributed by atoms with Crippen LogP contribution in [0.3, 0.4) is 0 Å². The lowest BCUT2D eigenvalue weighted by atomic mass is 9.96. The summed E-state index contributed by atoms with van der Waals surface area (Å²) in [6.45, 7) is 3.67. The maximum atomic E-state index is 13.6. The Labute approximate surface area is 214 Å². The molecule has 0 spiro atoms. The Bertz CT molecular complexity index is 1480. The number of ether oxygens (including phenoxy) is 1. The van der Waals surface area contributed by atoms with E-state index in [2.05, 4.69) is 36.9 Å². The second-order valence-electron chi connectivity index (χ2n) is 7.18. The van der Waals surface area contributed by atoms with Gasteiger partial charge in [-0.25, -0.2) is 9.79 Å². The van der Waals surface area contributed by atoms with Gasteiger partial charge in [-0.15, -0.1) is 0 Å². The number of hydrogen-bond donors (Lipinski definition) is 1. The number of fused-ring (bicyclic) bond motifs is 1. The molecule has 0 saturated carbocycles. The van der Waals surface area contributed by atoms with E-state index in [0.29, 0.717) is 30.6 Å². The summed E-state index contributed by atoms with van der Waals surface area (Å²) >= 11 is 14.0. The molecular weight excluding hydrogens is 596 g/mol. The largest absolute Gasteiger partial charge is 0.506 e. The second-order valence-corrected chi connectivity index (χ2v) is 10.4. The number of aromatic hydroxyl groups is 1. The summed E-state index contributed by atoms with van der Waals surface area (Å²) in [6, 6.07) is 9.94. The fourth-order valence-electron chi connectivity index (χ4n) is 3.59. The fraction of sp³-hybridized carbons (Fsp3) is 0.174. The number of nitrogens with zero attached hydrogens (tertiary/aromatic N) is 2. The lowest BCUT2D eigenvalue weighted by Gasteiger charge is -2.24. The van der Waals surface area contributed by atoms with E-state index in [4.69, 9.17) is 16.3 Å². The van der Waals surface area contributed by atoms with Crippen LogP contribution in [0.15, 0.2) is 66.4 Å². The van der Waals surface area contributed by atoms with Crippen molar-refractivity contribution in [3.63, 3.8) is 0 Å². The molecule has 0 amide bonds. The van der Waals surface area contributed by atoms with Crippen LogP contribution in [0.25, 0.3) is 6.08 Å². The van der Waals surface area contributed by atoms with E-state index < -0.39 is 12.0 Å². The van der Waals surface area contributed by atoms with E-state index in [1.807, 2.05) is 24.3 Å². The van der Waals surface area contributed by atoms with Gasteiger partial charge in [-0.2, -0.15) is 0 Å². The van der Waals surface area contributed by atoms with Gasteiger partial charge in [-0.1, -0.05) is 66.9 Å². The van der Waals surface area contributed by atoms with Crippen molar-refractivity contribution in [3.05, 3.63) is 92.5 Å². The molecule has 10 heteroatoms. The van der Waals surface area contributed by atoms with Crippen LogP contribution in [0.2, 0.25) is 5.02 Å². The number of allylic oxidation sites excluding steroid dienone is 1. The maximum Gasteiger partial charge on any atom is 0.338 e. The van der Waals surface area contributed by atoms with Crippen molar-refractivity contribution in [2.75, 3.05) is 6.61 Å². The van der Waals surface area contributed by atoms with Crippen LogP contribution in [0.5, 0.6) is 5.75 Å². The summed E-state index contributed by atoms with van der Waals surface area (Å²) in [5.41, 5.74) is 1.60. The molecule has 0 radical (unpaired) electrons. The van der Waals surface area contributed by atoms with Crippen molar-refractivity contribution in [3.8, 4) is 5.75 Å². The number of benzene rings is 2. The molecule has 1 atom stereocenters. The van der Waals surface area contributed by atoms with Crippen molar-refractivity contribution >= 4 is 66.8 Å². The van der Waals surface area contributed by atoms with Crippen LogP contribution in [0.1, 0.15) is 31.0 Å². The Morgan fingerprint density at radius 1 is 1.27 bits per heavy atom. The average molecular weight is 613 g/mol. The number of phenols is 1. The smallest absolute Gasteiger partial charge is 0.338 e. The van der Waals surface area contributed by atoms with Gasteiger partial charge >= 0.3 is 5.97 Å². The first-order valence-corrected chi connectivity index (χ1v) is 12.6. The number of halogens is 3. The van der Waals surface area contributed by atoms with Gasteiger partial charge in [0.05, 0.1) is 33.5 Å². The number of aromatic nitrogens is 1. The van der Waals surface area contributed by atoms with Gasteiger partial charge in [0.1, 0.15) is 5.75 Å². The molecule has 2 aromatic carbocycles. The second kappa shape index (κ2) is 9.58. The summed E-state index contributed by atoms with van der Waals surface area (Å²) in [5.74, 6) is -0.643. The standard InChI is InChI=1S/C23H17Br2ClN2O4S/c1-3-32-22(31)18-11(2)27-23-28(19(18)12-4-6-14(24)7-5-12)21(30)17(33-23)9-13-8-15(25)10-16(26)20(13)29/h4-10,19,29H,3H2,1-2H3/b17-9-/t19-/m1/s1. The number of hydrogen-bond acceptors (Lipinski definition) is 6. The summed E-state index contributed by atoms with van der Waals surface area (Å²) in [4.78, 5) is 31.4. The van der Waals surface area contributed by atoms with Crippen LogP contribution >= 0.6 is 54.8 Å². The van der Waals surface area contributed by atoms with Crippen LogP contribution < -0.4 is 14.9 Å². The molecular formula is C23H17Br2ClN2O4S. The summed E-state index contributed by atoms with van der Waals surface area (Å²) < 4.78 is 8.67. The molecule has 2 heterocycles.